The molecule has 0 unspecified atom stereocenters. The quantitative estimate of drug-likeness (QED) is 0.663. The zero-order valence-corrected chi connectivity index (χ0v) is 8.53. The molecule has 0 aliphatic rings. The van der Waals surface area contributed by atoms with Gasteiger partial charge in [-0.1, -0.05) is 24.3 Å². The number of hydrogen-bond acceptors (Lipinski definition) is 3. The molecule has 0 spiro atoms. The SMILES string of the molecule is NCCNc1cccc2c(N)cccc12. The third-order valence-corrected chi connectivity index (χ3v) is 2.42. The van der Waals surface area contributed by atoms with Crippen LogP contribution in [0.2, 0.25) is 0 Å². The Morgan fingerprint density at radius 2 is 1.73 bits per heavy atom. The maximum atomic E-state index is 5.90. The summed E-state index contributed by atoms with van der Waals surface area (Å²) in [5.41, 5.74) is 13.3. The lowest BCUT2D eigenvalue weighted by Crippen LogP contribution is -2.13. The lowest BCUT2D eigenvalue weighted by molar-refractivity contribution is 1.03. The molecular weight excluding hydrogens is 186 g/mol. The van der Waals surface area contributed by atoms with Crippen molar-refractivity contribution in [1.29, 1.82) is 0 Å². The first-order chi connectivity index (χ1) is 7.33. The minimum atomic E-state index is 0.624. The van der Waals surface area contributed by atoms with Crippen molar-refractivity contribution in [2.24, 2.45) is 5.73 Å². The molecule has 0 bridgehead atoms. The normalized spacial score (nSPS) is 10.5. The average Bonchev–Trinajstić information content (AvgIpc) is 2.27. The van der Waals surface area contributed by atoms with Crippen molar-refractivity contribution in [1.82, 2.24) is 0 Å². The van der Waals surface area contributed by atoms with Crippen molar-refractivity contribution < 1.29 is 0 Å². The second-order valence-electron chi connectivity index (χ2n) is 3.46. The van der Waals surface area contributed by atoms with Crippen molar-refractivity contribution in [3.8, 4) is 0 Å². The van der Waals surface area contributed by atoms with E-state index in [1.54, 1.807) is 0 Å². The molecule has 3 nitrogen and oxygen atoms in total. The highest BCUT2D eigenvalue weighted by atomic mass is 14.9. The Morgan fingerprint density at radius 1 is 1.00 bits per heavy atom. The van der Waals surface area contributed by atoms with Crippen molar-refractivity contribution in [2.75, 3.05) is 24.1 Å². The van der Waals surface area contributed by atoms with Gasteiger partial charge in [0.25, 0.3) is 0 Å². The third-order valence-electron chi connectivity index (χ3n) is 2.42. The van der Waals surface area contributed by atoms with Crippen molar-refractivity contribution in [3.05, 3.63) is 36.4 Å². The highest BCUT2D eigenvalue weighted by Gasteiger charge is 2.01. The van der Waals surface area contributed by atoms with E-state index in [1.165, 1.54) is 0 Å². The molecule has 0 aliphatic carbocycles. The van der Waals surface area contributed by atoms with Gasteiger partial charge in [-0.15, -0.1) is 0 Å². The standard InChI is InChI=1S/C12H15N3/c13-7-8-15-12-6-2-3-9-10(12)4-1-5-11(9)14/h1-6,15H,7-8,13-14H2. The van der Waals surface area contributed by atoms with Crippen molar-refractivity contribution in [2.45, 2.75) is 0 Å². The fourth-order valence-electron chi connectivity index (χ4n) is 1.70. The number of anilines is 2. The van der Waals surface area contributed by atoms with Crippen LogP contribution in [-0.2, 0) is 0 Å². The number of hydrogen-bond donors (Lipinski definition) is 3. The Labute approximate surface area is 89.1 Å². The van der Waals surface area contributed by atoms with Gasteiger partial charge in [0.1, 0.15) is 0 Å². The fraction of sp³-hybridized carbons (Fsp3) is 0.167. The lowest BCUT2D eigenvalue weighted by Gasteiger charge is -2.09. The molecule has 5 N–H and O–H groups in total. The third kappa shape index (κ3) is 1.87. The number of rotatable bonds is 3. The minimum absolute atomic E-state index is 0.624. The van der Waals surface area contributed by atoms with Gasteiger partial charge in [0, 0.05) is 35.2 Å². The number of fused-ring (bicyclic) bond motifs is 1. The molecule has 3 heteroatoms. The van der Waals surface area contributed by atoms with E-state index in [4.69, 9.17) is 11.5 Å². The van der Waals surface area contributed by atoms with E-state index < -0.39 is 0 Å². The molecule has 0 saturated heterocycles. The van der Waals surface area contributed by atoms with E-state index in [0.717, 1.165) is 28.7 Å². The van der Waals surface area contributed by atoms with Crippen LogP contribution >= 0.6 is 0 Å². The second-order valence-corrected chi connectivity index (χ2v) is 3.46. The van der Waals surface area contributed by atoms with Crippen LogP contribution in [0.25, 0.3) is 10.8 Å². The van der Waals surface area contributed by atoms with Crippen molar-refractivity contribution in [3.63, 3.8) is 0 Å². The smallest absolute Gasteiger partial charge is 0.0421 e. The van der Waals surface area contributed by atoms with E-state index in [0.29, 0.717) is 6.54 Å². The van der Waals surface area contributed by atoms with E-state index in [2.05, 4.69) is 11.4 Å². The van der Waals surface area contributed by atoms with E-state index in [-0.39, 0.29) is 0 Å². The first kappa shape index (κ1) is 9.80. The van der Waals surface area contributed by atoms with Crippen LogP contribution in [0.4, 0.5) is 11.4 Å². The Bertz CT molecular complexity index is 465. The van der Waals surface area contributed by atoms with Gasteiger partial charge in [-0.2, -0.15) is 0 Å². The van der Waals surface area contributed by atoms with Gasteiger partial charge in [0.15, 0.2) is 0 Å². The van der Waals surface area contributed by atoms with Gasteiger partial charge in [0.05, 0.1) is 0 Å². The van der Waals surface area contributed by atoms with Gasteiger partial charge < -0.3 is 16.8 Å². The van der Waals surface area contributed by atoms with Crippen LogP contribution in [-0.4, -0.2) is 13.1 Å². The van der Waals surface area contributed by atoms with E-state index in [9.17, 15) is 0 Å². The van der Waals surface area contributed by atoms with Gasteiger partial charge in [-0.05, 0) is 12.1 Å². The molecule has 78 valence electrons. The van der Waals surface area contributed by atoms with E-state index in [1.807, 2.05) is 30.3 Å². The average molecular weight is 201 g/mol. The predicted octanol–water partition coefficient (Wildman–Crippen LogP) is 1.79. The highest BCUT2D eigenvalue weighted by Crippen LogP contribution is 2.27. The molecule has 0 radical (unpaired) electrons. The summed E-state index contributed by atoms with van der Waals surface area (Å²) in [6.45, 7) is 1.40. The van der Waals surface area contributed by atoms with Crippen LogP contribution < -0.4 is 16.8 Å². The summed E-state index contributed by atoms with van der Waals surface area (Å²) in [6.07, 6.45) is 0. The number of benzene rings is 2. The summed E-state index contributed by atoms with van der Waals surface area (Å²) in [6, 6.07) is 12.0. The summed E-state index contributed by atoms with van der Waals surface area (Å²) < 4.78 is 0. The molecular formula is C12H15N3. The van der Waals surface area contributed by atoms with Crippen LogP contribution in [0.15, 0.2) is 36.4 Å². The maximum Gasteiger partial charge on any atom is 0.0421 e. The zero-order chi connectivity index (χ0) is 10.7. The number of nitrogens with one attached hydrogen (secondary N) is 1. The molecule has 0 aromatic heterocycles. The fourth-order valence-corrected chi connectivity index (χ4v) is 1.70. The molecule has 0 aliphatic heterocycles. The molecule has 2 aromatic rings. The molecule has 0 atom stereocenters. The topological polar surface area (TPSA) is 64.1 Å². The van der Waals surface area contributed by atoms with Gasteiger partial charge in [0.2, 0.25) is 0 Å². The first-order valence-corrected chi connectivity index (χ1v) is 5.04. The summed E-state index contributed by atoms with van der Waals surface area (Å²) >= 11 is 0. The first-order valence-electron chi connectivity index (χ1n) is 5.04. The largest absolute Gasteiger partial charge is 0.398 e. The molecule has 0 saturated carbocycles. The molecule has 0 heterocycles. The van der Waals surface area contributed by atoms with Crippen molar-refractivity contribution >= 4 is 22.1 Å². The summed E-state index contributed by atoms with van der Waals surface area (Å²) in [5, 5.41) is 5.51. The van der Waals surface area contributed by atoms with Crippen LogP contribution in [0.1, 0.15) is 0 Å². The van der Waals surface area contributed by atoms with Crippen LogP contribution in [0.5, 0.6) is 0 Å². The minimum Gasteiger partial charge on any atom is -0.398 e. The maximum absolute atomic E-state index is 5.90. The van der Waals surface area contributed by atoms with Crippen LogP contribution in [0.3, 0.4) is 0 Å². The molecule has 0 fully saturated rings. The Kier molecular flexibility index (Phi) is 2.74. The van der Waals surface area contributed by atoms with Crippen LogP contribution in [0, 0.1) is 0 Å². The number of nitrogen functional groups attached to an aromatic ring is 1. The monoisotopic (exact) mass is 201 g/mol. The summed E-state index contributed by atoms with van der Waals surface area (Å²) in [7, 11) is 0. The lowest BCUT2D eigenvalue weighted by atomic mass is 10.1. The molecule has 2 rings (SSSR count). The zero-order valence-electron chi connectivity index (χ0n) is 8.53. The predicted molar refractivity (Wildman–Crippen MR) is 65.9 cm³/mol. The Balaban J connectivity index is 2.51. The molecule has 0 amide bonds. The summed E-state index contributed by atoms with van der Waals surface area (Å²) in [5.74, 6) is 0. The van der Waals surface area contributed by atoms with E-state index >= 15 is 0 Å². The Hall–Kier alpha value is -1.74. The molecule has 2 aromatic carbocycles. The molecule has 15 heavy (non-hydrogen) atoms. The van der Waals surface area contributed by atoms with Gasteiger partial charge in [-0.3, -0.25) is 0 Å². The Morgan fingerprint density at radius 3 is 2.53 bits per heavy atom. The highest BCUT2D eigenvalue weighted by molar-refractivity contribution is 6.00. The summed E-state index contributed by atoms with van der Waals surface area (Å²) in [4.78, 5) is 0. The van der Waals surface area contributed by atoms with Gasteiger partial charge >= 0.3 is 0 Å². The number of nitrogens with two attached hydrogens (primary N) is 2. The van der Waals surface area contributed by atoms with Gasteiger partial charge in [-0.25, -0.2) is 0 Å². The second kappa shape index (κ2) is 4.19.